The van der Waals surface area contributed by atoms with Gasteiger partial charge >= 0.3 is 0 Å². The van der Waals surface area contributed by atoms with Crippen LogP contribution in [0.3, 0.4) is 0 Å². The number of benzene rings is 3. The predicted molar refractivity (Wildman–Crippen MR) is 156 cm³/mol. The first-order valence-corrected chi connectivity index (χ1v) is 13.4. The van der Waals surface area contributed by atoms with Gasteiger partial charge in [0.15, 0.2) is 12.3 Å². The molecule has 2 aromatic heterocycles. The van der Waals surface area contributed by atoms with E-state index in [9.17, 15) is 4.79 Å². The molecule has 1 saturated heterocycles. The number of para-hydroxylation sites is 2. The number of fused-ring (bicyclic) bond motifs is 1. The van der Waals surface area contributed by atoms with Crippen LogP contribution in [0.1, 0.15) is 5.56 Å². The molecule has 0 saturated carbocycles. The molecule has 1 aliphatic heterocycles. The fraction of sp³-hybridized carbons (Fsp3) is 0.219. The molecular formula is C32H31N5O3. The van der Waals surface area contributed by atoms with Gasteiger partial charge < -0.3 is 19.3 Å². The lowest BCUT2D eigenvalue weighted by molar-refractivity contribution is -0.133. The van der Waals surface area contributed by atoms with E-state index < -0.39 is 0 Å². The Labute approximate surface area is 233 Å². The molecule has 0 atom stereocenters. The van der Waals surface area contributed by atoms with Gasteiger partial charge in [-0.05, 0) is 42.3 Å². The minimum atomic E-state index is -0.0127. The maximum Gasteiger partial charge on any atom is 0.260 e. The third-order valence-electron chi connectivity index (χ3n) is 7.28. The van der Waals surface area contributed by atoms with E-state index in [0.717, 1.165) is 45.0 Å². The molecule has 0 radical (unpaired) electrons. The number of nitrogens with zero attached hydrogens (tertiary/aromatic N) is 5. The second kappa shape index (κ2) is 11.1. The Morgan fingerprint density at radius 2 is 1.68 bits per heavy atom. The second-order valence-corrected chi connectivity index (χ2v) is 9.82. The van der Waals surface area contributed by atoms with Crippen molar-refractivity contribution in [1.29, 1.82) is 0 Å². The monoisotopic (exact) mass is 533 g/mol. The van der Waals surface area contributed by atoms with E-state index in [4.69, 9.17) is 19.4 Å². The van der Waals surface area contributed by atoms with E-state index in [1.54, 1.807) is 13.4 Å². The van der Waals surface area contributed by atoms with E-state index in [0.29, 0.717) is 31.9 Å². The highest BCUT2D eigenvalue weighted by atomic mass is 16.5. The third kappa shape index (κ3) is 4.96. The van der Waals surface area contributed by atoms with Crippen molar-refractivity contribution in [2.24, 2.45) is 0 Å². The van der Waals surface area contributed by atoms with Crippen molar-refractivity contribution in [3.63, 3.8) is 0 Å². The Hall–Kier alpha value is -4.85. The summed E-state index contributed by atoms with van der Waals surface area (Å²) in [5.41, 5.74) is 4.94. The molecule has 3 heterocycles. The van der Waals surface area contributed by atoms with Gasteiger partial charge in [-0.2, -0.15) is 0 Å². The molecular weight excluding hydrogens is 502 g/mol. The number of carbonyl (C=O) groups excluding carboxylic acids is 1. The number of piperazine rings is 1. The SMILES string of the molecule is COc1ccccc1-n1cc(-c2ccccc2)c2c(N3CCN(C(=O)COc4cccc(C)c4)CC3)ncnc21. The topological polar surface area (TPSA) is 72.7 Å². The highest BCUT2D eigenvalue weighted by Gasteiger charge is 2.26. The van der Waals surface area contributed by atoms with E-state index >= 15 is 0 Å². The van der Waals surface area contributed by atoms with Gasteiger partial charge in [0.2, 0.25) is 0 Å². The van der Waals surface area contributed by atoms with Crippen molar-refractivity contribution in [3.05, 3.63) is 97.0 Å². The number of ether oxygens (including phenoxy) is 2. The standard InChI is InChI=1S/C32H31N5O3/c1-23-9-8-12-25(19-23)40-21-29(38)35-15-17-36(18-16-35)31-30-26(24-10-4-3-5-11-24)20-37(32(30)34-22-33-31)27-13-6-7-14-28(27)39-2/h3-14,19-20,22H,15-18,21H2,1-2H3. The normalized spacial score (nSPS) is 13.4. The third-order valence-corrected chi connectivity index (χ3v) is 7.28. The van der Waals surface area contributed by atoms with Gasteiger partial charge in [0.25, 0.3) is 5.91 Å². The predicted octanol–water partition coefficient (Wildman–Crippen LogP) is 5.13. The van der Waals surface area contributed by atoms with Crippen LogP contribution >= 0.6 is 0 Å². The summed E-state index contributed by atoms with van der Waals surface area (Å²) >= 11 is 0. The number of aryl methyl sites for hydroxylation is 1. The van der Waals surface area contributed by atoms with Crippen LogP contribution in [-0.4, -0.2) is 65.2 Å². The zero-order valence-electron chi connectivity index (χ0n) is 22.7. The maximum atomic E-state index is 12.9. The van der Waals surface area contributed by atoms with Gasteiger partial charge in [-0.25, -0.2) is 9.97 Å². The number of amides is 1. The lowest BCUT2D eigenvalue weighted by Gasteiger charge is -2.35. The zero-order chi connectivity index (χ0) is 27.5. The molecule has 1 aliphatic rings. The highest BCUT2D eigenvalue weighted by Crippen LogP contribution is 2.38. The van der Waals surface area contributed by atoms with Crippen molar-refractivity contribution in [3.8, 4) is 28.3 Å². The fourth-order valence-corrected chi connectivity index (χ4v) is 5.24. The van der Waals surface area contributed by atoms with Crippen LogP contribution in [0.2, 0.25) is 0 Å². The number of aromatic nitrogens is 3. The molecule has 1 fully saturated rings. The molecule has 0 unspecified atom stereocenters. The number of anilines is 1. The number of methoxy groups -OCH3 is 1. The molecule has 8 heteroatoms. The van der Waals surface area contributed by atoms with Crippen molar-refractivity contribution < 1.29 is 14.3 Å². The number of carbonyl (C=O) groups is 1. The van der Waals surface area contributed by atoms with Crippen molar-refractivity contribution in [2.45, 2.75) is 6.92 Å². The summed E-state index contributed by atoms with van der Waals surface area (Å²) in [6, 6.07) is 26.0. The summed E-state index contributed by atoms with van der Waals surface area (Å²) in [5.74, 6) is 2.32. The van der Waals surface area contributed by atoms with E-state index in [2.05, 4.69) is 27.8 Å². The molecule has 40 heavy (non-hydrogen) atoms. The molecule has 5 aromatic rings. The maximum absolute atomic E-state index is 12.9. The van der Waals surface area contributed by atoms with Gasteiger partial charge in [0.1, 0.15) is 23.6 Å². The van der Waals surface area contributed by atoms with E-state index in [-0.39, 0.29) is 12.5 Å². The molecule has 0 bridgehead atoms. The van der Waals surface area contributed by atoms with Crippen LogP contribution in [0.15, 0.2) is 91.4 Å². The average molecular weight is 534 g/mol. The van der Waals surface area contributed by atoms with Gasteiger partial charge in [0, 0.05) is 37.9 Å². The van der Waals surface area contributed by atoms with Crippen LogP contribution in [-0.2, 0) is 4.79 Å². The number of rotatable bonds is 7. The zero-order valence-corrected chi connectivity index (χ0v) is 22.7. The molecule has 0 spiro atoms. The molecule has 8 nitrogen and oxygen atoms in total. The molecule has 3 aromatic carbocycles. The van der Waals surface area contributed by atoms with Gasteiger partial charge in [-0.15, -0.1) is 0 Å². The average Bonchev–Trinajstić information content (AvgIpc) is 3.40. The van der Waals surface area contributed by atoms with E-state index in [1.165, 1.54) is 0 Å². The first-order valence-electron chi connectivity index (χ1n) is 13.4. The summed E-state index contributed by atoms with van der Waals surface area (Å²) in [6.45, 7) is 4.55. The Balaban J connectivity index is 1.29. The van der Waals surface area contributed by atoms with Crippen molar-refractivity contribution in [1.82, 2.24) is 19.4 Å². The number of hydrogen-bond donors (Lipinski definition) is 0. The summed E-state index contributed by atoms with van der Waals surface area (Å²) in [6.07, 6.45) is 3.73. The van der Waals surface area contributed by atoms with Gasteiger partial charge in [-0.3, -0.25) is 9.36 Å². The lowest BCUT2D eigenvalue weighted by atomic mass is 10.1. The second-order valence-electron chi connectivity index (χ2n) is 9.82. The molecule has 0 N–H and O–H groups in total. The molecule has 0 aliphatic carbocycles. The minimum Gasteiger partial charge on any atom is -0.495 e. The van der Waals surface area contributed by atoms with Crippen LogP contribution in [0, 0.1) is 6.92 Å². The minimum absolute atomic E-state index is 0.0127. The Morgan fingerprint density at radius 1 is 0.900 bits per heavy atom. The van der Waals surface area contributed by atoms with Crippen molar-refractivity contribution >= 4 is 22.8 Å². The van der Waals surface area contributed by atoms with Crippen LogP contribution in [0.4, 0.5) is 5.82 Å². The number of hydrogen-bond acceptors (Lipinski definition) is 6. The fourth-order valence-electron chi connectivity index (χ4n) is 5.24. The smallest absolute Gasteiger partial charge is 0.260 e. The van der Waals surface area contributed by atoms with Crippen LogP contribution in [0.25, 0.3) is 27.8 Å². The van der Waals surface area contributed by atoms with Gasteiger partial charge in [-0.1, -0.05) is 54.6 Å². The lowest BCUT2D eigenvalue weighted by Crippen LogP contribution is -2.50. The summed E-state index contributed by atoms with van der Waals surface area (Å²) in [4.78, 5) is 26.5. The molecule has 202 valence electrons. The first-order chi connectivity index (χ1) is 19.6. The quantitative estimate of drug-likeness (QED) is 0.289. The Morgan fingerprint density at radius 3 is 2.45 bits per heavy atom. The summed E-state index contributed by atoms with van der Waals surface area (Å²) < 4.78 is 13.5. The Bertz CT molecular complexity index is 1640. The molecule has 1 amide bonds. The van der Waals surface area contributed by atoms with Crippen molar-refractivity contribution in [2.75, 3.05) is 44.8 Å². The Kier molecular flexibility index (Phi) is 7.06. The van der Waals surface area contributed by atoms with E-state index in [1.807, 2.05) is 78.6 Å². The van der Waals surface area contributed by atoms with Crippen LogP contribution < -0.4 is 14.4 Å². The highest BCUT2D eigenvalue weighted by molar-refractivity contribution is 6.02. The van der Waals surface area contributed by atoms with Crippen LogP contribution in [0.5, 0.6) is 11.5 Å². The largest absolute Gasteiger partial charge is 0.495 e. The molecule has 6 rings (SSSR count). The summed E-state index contributed by atoms with van der Waals surface area (Å²) in [5, 5.41) is 0.974. The first kappa shape index (κ1) is 25.4. The summed E-state index contributed by atoms with van der Waals surface area (Å²) in [7, 11) is 1.68. The van der Waals surface area contributed by atoms with Gasteiger partial charge in [0.05, 0.1) is 18.2 Å².